The molecule has 1 aliphatic heterocycles. The van der Waals surface area contributed by atoms with Gasteiger partial charge in [0.05, 0.1) is 11.6 Å². The van der Waals surface area contributed by atoms with Gasteiger partial charge in [0.15, 0.2) is 11.6 Å². The van der Waals surface area contributed by atoms with Gasteiger partial charge in [0, 0.05) is 26.1 Å². The van der Waals surface area contributed by atoms with Gasteiger partial charge in [-0.15, -0.1) is 0 Å². The fourth-order valence-corrected chi connectivity index (χ4v) is 2.40. The van der Waals surface area contributed by atoms with Gasteiger partial charge in [-0.1, -0.05) is 0 Å². The number of piperidine rings is 1. The molecule has 0 spiro atoms. The van der Waals surface area contributed by atoms with Crippen molar-refractivity contribution < 1.29 is 13.6 Å². The predicted molar refractivity (Wildman–Crippen MR) is 74.6 cm³/mol. The SMILES string of the molecule is N#Cc1cc(F)c(NCCC(=O)N2CCCCC2)c(F)c1. The predicted octanol–water partition coefficient (Wildman–Crippen LogP) is 2.65. The standard InChI is InChI=1S/C15H17F2N3O/c16-12-8-11(10-18)9-13(17)15(12)19-5-4-14(21)20-6-2-1-3-7-20/h8-9,19H,1-7H2. The highest BCUT2D eigenvalue weighted by molar-refractivity contribution is 5.76. The second kappa shape index (κ2) is 7.02. The maximum absolute atomic E-state index is 13.6. The van der Waals surface area contributed by atoms with E-state index in [4.69, 9.17) is 5.26 Å². The van der Waals surface area contributed by atoms with Gasteiger partial charge in [-0.3, -0.25) is 4.79 Å². The number of nitriles is 1. The van der Waals surface area contributed by atoms with Crippen LogP contribution in [0.1, 0.15) is 31.2 Å². The normalized spacial score (nSPS) is 14.6. The molecule has 0 unspecified atom stereocenters. The minimum Gasteiger partial charge on any atom is -0.380 e. The van der Waals surface area contributed by atoms with Crippen LogP contribution < -0.4 is 5.32 Å². The third-order valence-electron chi connectivity index (χ3n) is 3.52. The minimum absolute atomic E-state index is 0.00309. The number of nitrogens with zero attached hydrogens (tertiary/aromatic N) is 2. The number of benzene rings is 1. The highest BCUT2D eigenvalue weighted by Crippen LogP contribution is 2.20. The van der Waals surface area contributed by atoms with Crippen LogP contribution in [0.5, 0.6) is 0 Å². The van der Waals surface area contributed by atoms with Gasteiger partial charge >= 0.3 is 0 Å². The molecule has 1 aromatic rings. The summed E-state index contributed by atoms with van der Waals surface area (Å²) in [6.45, 7) is 1.69. The van der Waals surface area contributed by atoms with Crippen LogP contribution >= 0.6 is 0 Å². The molecule has 6 heteroatoms. The van der Waals surface area contributed by atoms with E-state index < -0.39 is 11.6 Å². The lowest BCUT2D eigenvalue weighted by Crippen LogP contribution is -2.36. The maximum atomic E-state index is 13.6. The third kappa shape index (κ3) is 3.91. The molecule has 0 radical (unpaired) electrons. The van der Waals surface area contributed by atoms with Crippen molar-refractivity contribution in [2.24, 2.45) is 0 Å². The van der Waals surface area contributed by atoms with Crippen LogP contribution in [0.25, 0.3) is 0 Å². The monoisotopic (exact) mass is 293 g/mol. The number of nitrogens with one attached hydrogen (secondary N) is 1. The first-order valence-electron chi connectivity index (χ1n) is 7.02. The Bertz CT molecular complexity index is 540. The molecule has 0 bridgehead atoms. The molecule has 4 nitrogen and oxygen atoms in total. The molecule has 112 valence electrons. The Labute approximate surface area is 122 Å². The first-order valence-corrected chi connectivity index (χ1v) is 7.02. The van der Waals surface area contributed by atoms with E-state index in [0.717, 1.165) is 44.5 Å². The summed E-state index contributed by atoms with van der Waals surface area (Å²) in [7, 11) is 0. The van der Waals surface area contributed by atoms with E-state index in [1.165, 1.54) is 0 Å². The average molecular weight is 293 g/mol. The summed E-state index contributed by atoms with van der Waals surface area (Å²) in [5.74, 6) is -1.65. The van der Waals surface area contributed by atoms with Gasteiger partial charge in [-0.2, -0.15) is 5.26 Å². The molecular formula is C15H17F2N3O. The van der Waals surface area contributed by atoms with Gasteiger partial charge in [0.25, 0.3) is 0 Å². The Hall–Kier alpha value is -2.16. The second-order valence-electron chi connectivity index (χ2n) is 5.04. The summed E-state index contributed by atoms with van der Waals surface area (Å²) in [6, 6.07) is 3.62. The van der Waals surface area contributed by atoms with Crippen LogP contribution in [0.2, 0.25) is 0 Å². The van der Waals surface area contributed by atoms with Crippen LogP contribution in [0.15, 0.2) is 12.1 Å². The van der Waals surface area contributed by atoms with Crippen molar-refractivity contribution in [3.8, 4) is 6.07 Å². The molecule has 1 saturated heterocycles. The number of carbonyl (C=O) groups is 1. The topological polar surface area (TPSA) is 56.1 Å². The zero-order valence-corrected chi connectivity index (χ0v) is 11.7. The molecule has 2 rings (SSSR count). The molecule has 1 heterocycles. The molecule has 1 aliphatic rings. The molecule has 0 aliphatic carbocycles. The molecular weight excluding hydrogens is 276 g/mol. The molecule has 21 heavy (non-hydrogen) atoms. The summed E-state index contributed by atoms with van der Waals surface area (Å²) in [5, 5.41) is 11.2. The van der Waals surface area contributed by atoms with Gasteiger partial charge in [-0.05, 0) is 31.4 Å². The molecule has 1 amide bonds. The summed E-state index contributed by atoms with van der Waals surface area (Å²) in [6.07, 6.45) is 3.36. The number of amides is 1. The van der Waals surface area contributed by atoms with E-state index in [1.807, 2.05) is 0 Å². The number of hydrogen-bond donors (Lipinski definition) is 1. The number of rotatable bonds is 4. The van der Waals surface area contributed by atoms with E-state index in [-0.39, 0.29) is 30.1 Å². The van der Waals surface area contributed by atoms with E-state index in [1.54, 1.807) is 11.0 Å². The number of likely N-dealkylation sites (tertiary alicyclic amines) is 1. The van der Waals surface area contributed by atoms with Crippen LogP contribution in [-0.2, 0) is 4.79 Å². The van der Waals surface area contributed by atoms with Crippen molar-refractivity contribution in [3.05, 3.63) is 29.3 Å². The van der Waals surface area contributed by atoms with E-state index >= 15 is 0 Å². The molecule has 1 N–H and O–H groups in total. The van der Waals surface area contributed by atoms with Gasteiger partial charge in [-0.25, -0.2) is 8.78 Å². The summed E-state index contributed by atoms with van der Waals surface area (Å²) in [4.78, 5) is 13.7. The Morgan fingerprint density at radius 3 is 2.43 bits per heavy atom. The summed E-state index contributed by atoms with van der Waals surface area (Å²) in [5.41, 5.74) is -0.361. The lowest BCUT2D eigenvalue weighted by molar-refractivity contribution is -0.131. The Morgan fingerprint density at radius 2 is 1.86 bits per heavy atom. The van der Waals surface area contributed by atoms with Gasteiger partial charge in [0.1, 0.15) is 5.69 Å². The molecule has 0 atom stereocenters. The fourth-order valence-electron chi connectivity index (χ4n) is 2.40. The van der Waals surface area contributed by atoms with Crippen LogP contribution in [0.3, 0.4) is 0 Å². The highest BCUT2D eigenvalue weighted by atomic mass is 19.1. The zero-order chi connectivity index (χ0) is 15.2. The Balaban J connectivity index is 1.89. The zero-order valence-electron chi connectivity index (χ0n) is 11.7. The van der Waals surface area contributed by atoms with Crippen molar-refractivity contribution >= 4 is 11.6 Å². The second-order valence-corrected chi connectivity index (χ2v) is 5.04. The van der Waals surface area contributed by atoms with Gasteiger partial charge in [0.2, 0.25) is 5.91 Å². The number of anilines is 1. The minimum atomic E-state index is -0.822. The first kappa shape index (κ1) is 15.2. The van der Waals surface area contributed by atoms with E-state index in [2.05, 4.69) is 5.32 Å². The smallest absolute Gasteiger partial charge is 0.224 e. The van der Waals surface area contributed by atoms with E-state index in [0.29, 0.717) is 0 Å². The summed E-state index contributed by atoms with van der Waals surface area (Å²) < 4.78 is 27.3. The Morgan fingerprint density at radius 1 is 1.24 bits per heavy atom. The summed E-state index contributed by atoms with van der Waals surface area (Å²) >= 11 is 0. The van der Waals surface area contributed by atoms with Crippen molar-refractivity contribution in [1.82, 2.24) is 4.90 Å². The van der Waals surface area contributed by atoms with Crippen LogP contribution in [-0.4, -0.2) is 30.4 Å². The fraction of sp³-hybridized carbons (Fsp3) is 0.467. The molecule has 1 fully saturated rings. The highest BCUT2D eigenvalue weighted by Gasteiger charge is 2.16. The number of hydrogen-bond acceptors (Lipinski definition) is 3. The van der Waals surface area contributed by atoms with E-state index in [9.17, 15) is 13.6 Å². The quantitative estimate of drug-likeness (QED) is 0.928. The third-order valence-corrected chi connectivity index (χ3v) is 3.52. The molecule has 0 saturated carbocycles. The first-order chi connectivity index (χ1) is 10.1. The van der Waals surface area contributed by atoms with Gasteiger partial charge < -0.3 is 10.2 Å². The van der Waals surface area contributed by atoms with Crippen molar-refractivity contribution in [2.75, 3.05) is 25.0 Å². The number of carbonyl (C=O) groups excluding carboxylic acids is 1. The van der Waals surface area contributed by atoms with Crippen LogP contribution in [0.4, 0.5) is 14.5 Å². The largest absolute Gasteiger partial charge is 0.380 e. The van der Waals surface area contributed by atoms with Crippen molar-refractivity contribution in [1.29, 1.82) is 5.26 Å². The van der Waals surface area contributed by atoms with Crippen molar-refractivity contribution in [3.63, 3.8) is 0 Å². The van der Waals surface area contributed by atoms with Crippen molar-refractivity contribution in [2.45, 2.75) is 25.7 Å². The molecule has 1 aromatic carbocycles. The Kier molecular flexibility index (Phi) is 5.09. The molecule has 0 aromatic heterocycles. The number of halogens is 2. The average Bonchev–Trinajstić information content (AvgIpc) is 2.50. The maximum Gasteiger partial charge on any atom is 0.224 e. The van der Waals surface area contributed by atoms with Crippen LogP contribution in [0, 0.1) is 23.0 Å². The lowest BCUT2D eigenvalue weighted by Gasteiger charge is -2.26. The lowest BCUT2D eigenvalue weighted by atomic mass is 10.1.